The van der Waals surface area contributed by atoms with Crippen molar-refractivity contribution in [3.05, 3.63) is 101 Å². The summed E-state index contributed by atoms with van der Waals surface area (Å²) in [6.45, 7) is 1.58. The SMILES string of the molecule is CC(=O)Sc1ccc(/C=C/c2ccc(/C=C/c3ccccc3)cc2)cc1. The van der Waals surface area contributed by atoms with Crippen LogP contribution in [0.25, 0.3) is 24.3 Å². The fourth-order valence-corrected chi connectivity index (χ4v) is 3.08. The van der Waals surface area contributed by atoms with E-state index in [0.29, 0.717) is 0 Å². The molecule has 3 aromatic rings. The van der Waals surface area contributed by atoms with Crippen molar-refractivity contribution in [2.24, 2.45) is 0 Å². The van der Waals surface area contributed by atoms with Gasteiger partial charge in [0.2, 0.25) is 0 Å². The Morgan fingerprint density at radius 2 is 1.00 bits per heavy atom. The first-order valence-electron chi connectivity index (χ1n) is 8.49. The summed E-state index contributed by atoms with van der Waals surface area (Å²) < 4.78 is 0. The van der Waals surface area contributed by atoms with E-state index < -0.39 is 0 Å². The van der Waals surface area contributed by atoms with Crippen LogP contribution in [0.2, 0.25) is 0 Å². The lowest BCUT2D eigenvalue weighted by atomic mass is 10.1. The van der Waals surface area contributed by atoms with Gasteiger partial charge in [-0.2, -0.15) is 0 Å². The van der Waals surface area contributed by atoms with Crippen LogP contribution in [0.5, 0.6) is 0 Å². The van der Waals surface area contributed by atoms with E-state index in [1.165, 1.54) is 22.9 Å². The van der Waals surface area contributed by atoms with Crippen LogP contribution in [-0.4, -0.2) is 5.12 Å². The van der Waals surface area contributed by atoms with E-state index in [1.807, 2.05) is 42.5 Å². The molecule has 1 nitrogen and oxygen atoms in total. The molecule has 0 aliphatic carbocycles. The number of hydrogen-bond acceptors (Lipinski definition) is 2. The van der Waals surface area contributed by atoms with Crippen molar-refractivity contribution in [3.8, 4) is 0 Å². The smallest absolute Gasteiger partial charge is 0.190 e. The van der Waals surface area contributed by atoms with Gasteiger partial charge in [-0.05, 0) is 34.4 Å². The van der Waals surface area contributed by atoms with Gasteiger partial charge in [-0.25, -0.2) is 0 Å². The molecule has 0 spiro atoms. The summed E-state index contributed by atoms with van der Waals surface area (Å²) in [4.78, 5) is 12.1. The summed E-state index contributed by atoms with van der Waals surface area (Å²) in [6.07, 6.45) is 8.41. The molecule has 0 aliphatic heterocycles. The minimum absolute atomic E-state index is 0.106. The Hall–Kier alpha value is -2.84. The van der Waals surface area contributed by atoms with Crippen molar-refractivity contribution >= 4 is 41.2 Å². The second-order valence-electron chi connectivity index (χ2n) is 5.91. The highest BCUT2D eigenvalue weighted by Gasteiger charge is 1.97. The molecule has 0 heterocycles. The van der Waals surface area contributed by atoms with Gasteiger partial charge in [-0.15, -0.1) is 0 Å². The summed E-state index contributed by atoms with van der Waals surface area (Å²) in [5, 5.41) is 0.106. The molecule has 0 amide bonds. The Bertz CT molecular complexity index is 905. The summed E-state index contributed by atoms with van der Waals surface area (Å²) in [5.74, 6) is 0. The van der Waals surface area contributed by atoms with Crippen LogP contribution in [0, 0.1) is 0 Å². The van der Waals surface area contributed by atoms with Crippen LogP contribution in [-0.2, 0) is 4.79 Å². The summed E-state index contributed by atoms with van der Waals surface area (Å²) in [5.41, 5.74) is 4.65. The molecule has 0 bridgehead atoms. The molecule has 0 N–H and O–H groups in total. The van der Waals surface area contributed by atoms with Crippen LogP contribution in [0.15, 0.2) is 83.8 Å². The van der Waals surface area contributed by atoms with Crippen LogP contribution >= 0.6 is 11.8 Å². The van der Waals surface area contributed by atoms with E-state index in [4.69, 9.17) is 0 Å². The van der Waals surface area contributed by atoms with E-state index in [0.717, 1.165) is 16.0 Å². The summed E-state index contributed by atoms with van der Waals surface area (Å²) in [6, 6.07) is 26.7. The molecule has 0 saturated heterocycles. The highest BCUT2D eigenvalue weighted by Crippen LogP contribution is 2.20. The second-order valence-corrected chi connectivity index (χ2v) is 7.16. The molecule has 26 heavy (non-hydrogen) atoms. The molecule has 0 unspecified atom stereocenters. The number of benzene rings is 3. The van der Waals surface area contributed by atoms with Crippen LogP contribution in [0.3, 0.4) is 0 Å². The molecule has 0 saturated carbocycles. The first kappa shape index (κ1) is 18.0. The lowest BCUT2D eigenvalue weighted by Gasteiger charge is -1.99. The average Bonchev–Trinajstić information content (AvgIpc) is 2.67. The van der Waals surface area contributed by atoms with E-state index in [-0.39, 0.29) is 5.12 Å². The van der Waals surface area contributed by atoms with Crippen molar-refractivity contribution in [2.45, 2.75) is 11.8 Å². The van der Waals surface area contributed by atoms with Gasteiger partial charge in [-0.1, -0.05) is 103 Å². The van der Waals surface area contributed by atoms with E-state index in [2.05, 4.69) is 60.7 Å². The maximum Gasteiger partial charge on any atom is 0.190 e. The van der Waals surface area contributed by atoms with Gasteiger partial charge in [0.25, 0.3) is 0 Å². The first-order valence-corrected chi connectivity index (χ1v) is 9.30. The number of carbonyl (C=O) groups excluding carboxylic acids is 1. The third kappa shape index (κ3) is 5.61. The molecule has 128 valence electrons. The number of hydrogen-bond donors (Lipinski definition) is 0. The number of rotatable bonds is 5. The third-order valence-corrected chi connectivity index (χ3v) is 4.61. The van der Waals surface area contributed by atoms with Crippen molar-refractivity contribution < 1.29 is 4.79 Å². The van der Waals surface area contributed by atoms with Crippen LogP contribution in [0.4, 0.5) is 0 Å². The van der Waals surface area contributed by atoms with Crippen molar-refractivity contribution in [3.63, 3.8) is 0 Å². The highest BCUT2D eigenvalue weighted by molar-refractivity contribution is 8.13. The average molecular weight is 356 g/mol. The minimum atomic E-state index is 0.106. The van der Waals surface area contributed by atoms with Crippen LogP contribution in [0.1, 0.15) is 29.2 Å². The largest absolute Gasteiger partial charge is 0.287 e. The Balaban J connectivity index is 1.62. The quantitative estimate of drug-likeness (QED) is 0.375. The van der Waals surface area contributed by atoms with Gasteiger partial charge in [0.05, 0.1) is 0 Å². The number of thioether (sulfide) groups is 1. The lowest BCUT2D eigenvalue weighted by Crippen LogP contribution is -1.81. The van der Waals surface area contributed by atoms with Gasteiger partial charge in [-0.3, -0.25) is 4.79 Å². The van der Waals surface area contributed by atoms with Gasteiger partial charge >= 0.3 is 0 Å². The van der Waals surface area contributed by atoms with Crippen LogP contribution < -0.4 is 0 Å². The summed E-state index contributed by atoms with van der Waals surface area (Å²) >= 11 is 1.26. The van der Waals surface area contributed by atoms with Gasteiger partial charge in [0.15, 0.2) is 5.12 Å². The molecule has 3 rings (SSSR count). The zero-order valence-corrected chi connectivity index (χ0v) is 15.4. The van der Waals surface area contributed by atoms with E-state index in [9.17, 15) is 4.79 Å². The number of carbonyl (C=O) groups is 1. The Kier molecular flexibility index (Phi) is 6.24. The molecule has 0 aliphatic rings. The fourth-order valence-electron chi connectivity index (χ4n) is 2.48. The van der Waals surface area contributed by atoms with E-state index in [1.54, 1.807) is 6.92 Å². The Morgan fingerprint density at radius 3 is 1.42 bits per heavy atom. The molecular weight excluding hydrogens is 336 g/mol. The lowest BCUT2D eigenvalue weighted by molar-refractivity contribution is -0.109. The fraction of sp³-hybridized carbons (Fsp3) is 0.0417. The maximum atomic E-state index is 11.1. The van der Waals surface area contributed by atoms with E-state index >= 15 is 0 Å². The first-order chi connectivity index (χ1) is 12.7. The van der Waals surface area contributed by atoms with Gasteiger partial charge in [0.1, 0.15) is 0 Å². The topological polar surface area (TPSA) is 17.1 Å². The molecule has 0 fully saturated rings. The van der Waals surface area contributed by atoms with Crippen molar-refractivity contribution in [1.82, 2.24) is 0 Å². The maximum absolute atomic E-state index is 11.1. The second kappa shape index (κ2) is 9.02. The molecule has 2 heteroatoms. The third-order valence-electron chi connectivity index (χ3n) is 3.81. The summed E-state index contributed by atoms with van der Waals surface area (Å²) in [7, 11) is 0. The monoisotopic (exact) mass is 356 g/mol. The Labute approximate surface area is 159 Å². The normalized spacial score (nSPS) is 11.3. The predicted octanol–water partition coefficient (Wildman–Crippen LogP) is 6.67. The minimum Gasteiger partial charge on any atom is -0.287 e. The molecule has 3 aromatic carbocycles. The molecule has 0 radical (unpaired) electrons. The predicted molar refractivity (Wildman–Crippen MR) is 114 cm³/mol. The van der Waals surface area contributed by atoms with Crippen molar-refractivity contribution in [2.75, 3.05) is 0 Å². The molecule has 0 atom stereocenters. The van der Waals surface area contributed by atoms with Gasteiger partial charge < -0.3 is 0 Å². The standard InChI is InChI=1S/C24H20OS/c1-19(25)26-24-17-15-23(16-18-24)14-13-22-11-9-21(10-12-22)8-7-20-5-3-2-4-6-20/h2-18H,1H3/b8-7+,14-13+. The zero-order chi connectivity index (χ0) is 18.2. The molecule has 0 aromatic heterocycles. The zero-order valence-electron chi connectivity index (χ0n) is 14.6. The molecular formula is C24H20OS. The Morgan fingerprint density at radius 1 is 0.615 bits per heavy atom. The highest BCUT2D eigenvalue weighted by atomic mass is 32.2. The van der Waals surface area contributed by atoms with Crippen molar-refractivity contribution in [1.29, 1.82) is 0 Å². The van der Waals surface area contributed by atoms with Gasteiger partial charge in [0, 0.05) is 11.8 Å².